The van der Waals surface area contributed by atoms with Gasteiger partial charge in [0.05, 0.1) is 17.5 Å². The fourth-order valence-corrected chi connectivity index (χ4v) is 8.49. The number of hydrogen-bond donors (Lipinski definition) is 1. The second kappa shape index (κ2) is 10.1. The van der Waals surface area contributed by atoms with Gasteiger partial charge in [-0.15, -0.1) is 0 Å². The lowest BCUT2D eigenvalue weighted by atomic mass is 10.1. The van der Waals surface area contributed by atoms with Crippen molar-refractivity contribution >= 4 is 44.5 Å². The third-order valence-electron chi connectivity index (χ3n) is 6.18. The number of amidine groups is 1. The Kier molecular flexibility index (Phi) is 7.03. The van der Waals surface area contributed by atoms with Crippen molar-refractivity contribution in [1.82, 2.24) is 5.32 Å². The second-order valence-corrected chi connectivity index (χ2v) is 13.7. The summed E-state index contributed by atoms with van der Waals surface area (Å²) in [7, 11) is -3.23. The number of amides is 2. The van der Waals surface area contributed by atoms with Crippen molar-refractivity contribution < 1.29 is 32.2 Å². The lowest BCUT2D eigenvalue weighted by Gasteiger charge is -2.25. The van der Waals surface area contributed by atoms with Crippen LogP contribution in [0.5, 0.6) is 11.5 Å². The predicted molar refractivity (Wildman–Crippen MR) is 145 cm³/mol. The van der Waals surface area contributed by atoms with Crippen LogP contribution in [0.25, 0.3) is 0 Å². The number of benzene rings is 2. The Morgan fingerprint density at radius 3 is 2.61 bits per heavy atom. The number of nitrogens with one attached hydrogen (secondary N) is 1. The number of nitrogens with zero attached hydrogens (tertiary/aromatic N) is 2. The first-order valence-corrected chi connectivity index (χ1v) is 14.9. The molecule has 5 rings (SSSR count). The average Bonchev–Trinajstić information content (AvgIpc) is 3.49. The minimum absolute atomic E-state index is 0.000197. The van der Waals surface area contributed by atoms with Crippen LogP contribution in [0.2, 0.25) is 0 Å². The van der Waals surface area contributed by atoms with E-state index < -0.39 is 33.5 Å². The summed E-state index contributed by atoms with van der Waals surface area (Å²) in [4.78, 5) is 32.4. The molecule has 10 nitrogen and oxygen atoms in total. The number of fused-ring (bicyclic) bond motifs is 2. The molecule has 0 unspecified atom stereocenters. The zero-order valence-corrected chi connectivity index (χ0v) is 22.9. The molecule has 2 saturated heterocycles. The summed E-state index contributed by atoms with van der Waals surface area (Å²) in [5, 5.41) is 2.77. The molecule has 2 fully saturated rings. The number of aliphatic imine (C=N–C) groups is 1. The van der Waals surface area contributed by atoms with Gasteiger partial charge in [0.1, 0.15) is 11.6 Å². The van der Waals surface area contributed by atoms with Gasteiger partial charge < -0.3 is 24.4 Å². The molecular formula is C26H29N3O7S2. The highest BCUT2D eigenvalue weighted by Crippen LogP contribution is 2.44. The number of hydrogen-bond acceptors (Lipinski definition) is 8. The van der Waals surface area contributed by atoms with Crippen LogP contribution in [0.1, 0.15) is 26.3 Å². The van der Waals surface area contributed by atoms with E-state index in [0.717, 1.165) is 5.56 Å². The van der Waals surface area contributed by atoms with Gasteiger partial charge in [-0.2, -0.15) is 4.99 Å². The zero-order chi connectivity index (χ0) is 27.1. The summed E-state index contributed by atoms with van der Waals surface area (Å²) in [6, 6.07) is 13.2. The molecule has 0 spiro atoms. The Morgan fingerprint density at radius 2 is 1.87 bits per heavy atom. The minimum atomic E-state index is -3.23. The van der Waals surface area contributed by atoms with Crippen molar-refractivity contribution in [3.8, 4) is 11.5 Å². The molecule has 3 atom stereocenters. The zero-order valence-electron chi connectivity index (χ0n) is 21.2. The van der Waals surface area contributed by atoms with E-state index in [1.54, 1.807) is 43.9 Å². The monoisotopic (exact) mass is 559 g/mol. The van der Waals surface area contributed by atoms with E-state index in [4.69, 9.17) is 14.2 Å². The molecule has 0 radical (unpaired) electrons. The van der Waals surface area contributed by atoms with Crippen LogP contribution in [0, 0.1) is 0 Å². The highest BCUT2D eigenvalue weighted by atomic mass is 32.2. The summed E-state index contributed by atoms with van der Waals surface area (Å²) in [6.45, 7) is 5.33. The largest absolute Gasteiger partial charge is 0.454 e. The van der Waals surface area contributed by atoms with E-state index >= 15 is 0 Å². The molecule has 38 heavy (non-hydrogen) atoms. The maximum Gasteiger partial charge on any atom is 0.408 e. The molecule has 0 bridgehead atoms. The van der Waals surface area contributed by atoms with Crippen molar-refractivity contribution in [2.45, 2.75) is 50.1 Å². The summed E-state index contributed by atoms with van der Waals surface area (Å²) >= 11 is 1.26. The molecule has 3 heterocycles. The van der Waals surface area contributed by atoms with Gasteiger partial charge in [-0.1, -0.05) is 42.1 Å². The van der Waals surface area contributed by atoms with Crippen LogP contribution in [0.3, 0.4) is 0 Å². The number of anilines is 1. The van der Waals surface area contributed by atoms with E-state index in [2.05, 4.69) is 10.3 Å². The van der Waals surface area contributed by atoms with Gasteiger partial charge in [-0.3, -0.25) is 4.79 Å². The number of thioether (sulfide) groups is 1. The first kappa shape index (κ1) is 26.4. The number of carbonyl (C=O) groups is 2. The molecule has 3 aliphatic rings. The molecule has 202 valence electrons. The van der Waals surface area contributed by atoms with Crippen molar-refractivity contribution in [2.24, 2.45) is 4.99 Å². The third-order valence-corrected chi connectivity index (χ3v) is 9.39. The summed E-state index contributed by atoms with van der Waals surface area (Å²) in [6.07, 6.45) is -0.507. The molecule has 0 aromatic heterocycles. The van der Waals surface area contributed by atoms with E-state index in [-0.39, 0.29) is 36.0 Å². The van der Waals surface area contributed by atoms with E-state index in [1.165, 1.54) is 11.8 Å². The third kappa shape index (κ3) is 5.91. The standard InChI is InChI=1S/C26H29N3O7S2/c1-26(2,3)36-25(31)27-18(11-16-7-5-4-6-8-16)23(30)28-24-29(19-13-38(32,33)14-22(19)37-24)17-9-10-20-21(12-17)35-15-34-20/h4-10,12,18-19,22H,11,13-15H2,1-3H3,(H,27,31)/t18-,19-,22-/m1/s1. The Morgan fingerprint density at radius 1 is 1.13 bits per heavy atom. The fourth-order valence-electron chi connectivity index (χ4n) is 4.57. The van der Waals surface area contributed by atoms with Crippen LogP contribution in [0.15, 0.2) is 53.5 Å². The highest BCUT2D eigenvalue weighted by Gasteiger charge is 2.49. The van der Waals surface area contributed by atoms with Crippen molar-refractivity contribution in [2.75, 3.05) is 23.2 Å². The fraction of sp³-hybridized carbons (Fsp3) is 0.423. The smallest absolute Gasteiger partial charge is 0.408 e. The van der Waals surface area contributed by atoms with Gasteiger partial charge in [0.25, 0.3) is 5.91 Å². The summed E-state index contributed by atoms with van der Waals surface area (Å²) in [5.41, 5.74) is 0.755. The number of sulfone groups is 1. The number of rotatable bonds is 5. The first-order valence-electron chi connectivity index (χ1n) is 12.2. The van der Waals surface area contributed by atoms with Crippen molar-refractivity contribution in [3.63, 3.8) is 0 Å². The molecule has 3 aliphatic heterocycles. The van der Waals surface area contributed by atoms with Gasteiger partial charge in [-0.05, 0) is 38.5 Å². The quantitative estimate of drug-likeness (QED) is 0.588. The summed E-state index contributed by atoms with van der Waals surface area (Å²) < 4.78 is 41.2. The van der Waals surface area contributed by atoms with Gasteiger partial charge >= 0.3 is 6.09 Å². The van der Waals surface area contributed by atoms with E-state index in [1.807, 2.05) is 30.3 Å². The Hall–Kier alpha value is -3.25. The second-order valence-electron chi connectivity index (χ2n) is 10.3. The lowest BCUT2D eigenvalue weighted by molar-refractivity contribution is -0.119. The first-order chi connectivity index (χ1) is 18.0. The SMILES string of the molecule is CC(C)(C)OC(=O)N[C@H](Cc1ccccc1)C(=O)N=C1S[C@@H]2CS(=O)(=O)C[C@H]2N1c1ccc2c(c1)OCO2. The van der Waals surface area contributed by atoms with Gasteiger partial charge in [0.2, 0.25) is 6.79 Å². The van der Waals surface area contributed by atoms with Crippen molar-refractivity contribution in [1.29, 1.82) is 0 Å². The average molecular weight is 560 g/mol. The van der Waals surface area contributed by atoms with Gasteiger partial charge in [-0.25, -0.2) is 13.2 Å². The molecule has 2 amide bonds. The van der Waals surface area contributed by atoms with Gasteiger partial charge in [0.15, 0.2) is 26.5 Å². The minimum Gasteiger partial charge on any atom is -0.454 e. The summed E-state index contributed by atoms with van der Waals surface area (Å²) in [5.74, 6) is 0.526. The molecule has 0 aliphatic carbocycles. The molecule has 2 aromatic rings. The Labute approximate surface area is 225 Å². The van der Waals surface area contributed by atoms with Crippen LogP contribution < -0.4 is 19.7 Å². The molecule has 1 N–H and O–H groups in total. The highest BCUT2D eigenvalue weighted by molar-refractivity contribution is 8.16. The van der Waals surface area contributed by atoms with Crippen LogP contribution in [-0.4, -0.2) is 66.8 Å². The van der Waals surface area contributed by atoms with E-state index in [0.29, 0.717) is 22.4 Å². The molecule has 0 saturated carbocycles. The van der Waals surface area contributed by atoms with Gasteiger partial charge in [0, 0.05) is 23.4 Å². The number of carbonyl (C=O) groups excluding carboxylic acids is 2. The number of ether oxygens (including phenoxy) is 3. The molecular weight excluding hydrogens is 530 g/mol. The molecule has 2 aromatic carbocycles. The Bertz CT molecular complexity index is 1370. The van der Waals surface area contributed by atoms with Crippen LogP contribution in [0.4, 0.5) is 10.5 Å². The maximum absolute atomic E-state index is 13.6. The van der Waals surface area contributed by atoms with Crippen LogP contribution in [-0.2, 0) is 25.8 Å². The van der Waals surface area contributed by atoms with Crippen molar-refractivity contribution in [3.05, 3.63) is 54.1 Å². The molecule has 12 heteroatoms. The van der Waals surface area contributed by atoms with Crippen LogP contribution >= 0.6 is 11.8 Å². The predicted octanol–water partition coefficient (Wildman–Crippen LogP) is 3.15. The normalized spacial score (nSPS) is 23.2. The Balaban J connectivity index is 1.46. The maximum atomic E-state index is 13.6. The topological polar surface area (TPSA) is 124 Å². The number of alkyl carbamates (subject to hydrolysis) is 1. The van der Waals surface area contributed by atoms with E-state index in [9.17, 15) is 18.0 Å². The lowest BCUT2D eigenvalue weighted by Crippen LogP contribution is -2.45.